The van der Waals surface area contributed by atoms with Crippen molar-refractivity contribution >= 4 is 27.3 Å². The molecular formula is C12H13BrN2OS. The summed E-state index contributed by atoms with van der Waals surface area (Å²) in [6.07, 6.45) is 1.72. The number of ether oxygens (including phenoxy) is 1. The average molecular weight is 313 g/mol. The van der Waals surface area contributed by atoms with E-state index in [-0.39, 0.29) is 0 Å². The summed E-state index contributed by atoms with van der Waals surface area (Å²) in [6.45, 7) is 2.67. The number of aromatic nitrogens is 2. The first-order chi connectivity index (χ1) is 8.28. The molecular weight excluding hydrogens is 300 g/mol. The molecule has 0 aliphatic heterocycles. The fourth-order valence-electron chi connectivity index (χ4n) is 1.39. The van der Waals surface area contributed by atoms with Gasteiger partial charge < -0.3 is 4.74 Å². The predicted octanol–water partition coefficient (Wildman–Crippen LogP) is 3.48. The highest BCUT2D eigenvalue weighted by Gasteiger charge is 2.03. The van der Waals surface area contributed by atoms with Gasteiger partial charge in [0.15, 0.2) is 0 Å². The van der Waals surface area contributed by atoms with Crippen LogP contribution in [0.25, 0.3) is 0 Å². The van der Waals surface area contributed by atoms with Crippen molar-refractivity contribution in [3.05, 3.63) is 38.9 Å². The first kappa shape index (κ1) is 12.5. The minimum absolute atomic E-state index is 0.639. The molecule has 0 atom stereocenters. The van der Waals surface area contributed by atoms with Gasteiger partial charge in [-0.05, 0) is 27.4 Å². The molecule has 0 amide bonds. The van der Waals surface area contributed by atoms with Crippen molar-refractivity contribution in [1.29, 1.82) is 0 Å². The summed E-state index contributed by atoms with van der Waals surface area (Å²) in [4.78, 5) is 9.88. The molecule has 3 nitrogen and oxygen atoms in total. The van der Waals surface area contributed by atoms with Crippen molar-refractivity contribution < 1.29 is 4.74 Å². The summed E-state index contributed by atoms with van der Waals surface area (Å²) >= 11 is 5.10. The van der Waals surface area contributed by atoms with Crippen LogP contribution in [-0.4, -0.2) is 16.6 Å². The van der Waals surface area contributed by atoms with E-state index >= 15 is 0 Å². The Morgan fingerprint density at radius 3 is 3.00 bits per heavy atom. The zero-order chi connectivity index (χ0) is 12.1. The van der Waals surface area contributed by atoms with Crippen LogP contribution in [0.3, 0.4) is 0 Å². The van der Waals surface area contributed by atoms with Crippen LogP contribution in [-0.2, 0) is 12.8 Å². The number of thiophene rings is 1. The fourth-order valence-corrected chi connectivity index (χ4v) is 2.48. The Kier molecular flexibility index (Phi) is 4.50. The maximum absolute atomic E-state index is 5.63. The highest BCUT2D eigenvalue weighted by molar-refractivity contribution is 9.10. The third-order valence-electron chi connectivity index (χ3n) is 2.21. The highest BCUT2D eigenvalue weighted by Crippen LogP contribution is 2.15. The number of rotatable bonds is 5. The SMILES string of the molecule is CCc1nc(Br)cc(OCCc2cccs2)n1. The second-order valence-corrected chi connectivity index (χ2v) is 5.32. The van der Waals surface area contributed by atoms with Crippen molar-refractivity contribution in [2.24, 2.45) is 0 Å². The molecule has 0 saturated heterocycles. The van der Waals surface area contributed by atoms with E-state index in [1.807, 2.05) is 6.92 Å². The molecule has 5 heteroatoms. The second-order valence-electron chi connectivity index (χ2n) is 3.48. The zero-order valence-electron chi connectivity index (χ0n) is 9.52. The Balaban J connectivity index is 1.92. The number of hydrogen-bond acceptors (Lipinski definition) is 4. The largest absolute Gasteiger partial charge is 0.477 e. The van der Waals surface area contributed by atoms with Crippen LogP contribution < -0.4 is 4.74 Å². The molecule has 2 aromatic heterocycles. The smallest absolute Gasteiger partial charge is 0.217 e. The molecule has 0 saturated carbocycles. The molecule has 2 aromatic rings. The quantitative estimate of drug-likeness (QED) is 0.793. The van der Waals surface area contributed by atoms with E-state index in [1.165, 1.54) is 4.88 Å². The molecule has 0 bridgehead atoms. The first-order valence-electron chi connectivity index (χ1n) is 5.46. The molecule has 0 N–H and O–H groups in total. The monoisotopic (exact) mass is 312 g/mol. The Morgan fingerprint density at radius 2 is 2.29 bits per heavy atom. The minimum atomic E-state index is 0.639. The zero-order valence-corrected chi connectivity index (χ0v) is 11.9. The third-order valence-corrected chi connectivity index (χ3v) is 3.55. The lowest BCUT2D eigenvalue weighted by atomic mass is 10.4. The molecule has 0 aliphatic rings. The van der Waals surface area contributed by atoms with Gasteiger partial charge in [0.2, 0.25) is 5.88 Å². The number of halogens is 1. The van der Waals surface area contributed by atoms with E-state index in [0.29, 0.717) is 12.5 Å². The first-order valence-corrected chi connectivity index (χ1v) is 7.14. The number of nitrogens with zero attached hydrogens (tertiary/aromatic N) is 2. The van der Waals surface area contributed by atoms with E-state index in [0.717, 1.165) is 23.3 Å². The summed E-state index contributed by atoms with van der Waals surface area (Å²) in [7, 11) is 0. The van der Waals surface area contributed by atoms with Crippen molar-refractivity contribution in [1.82, 2.24) is 9.97 Å². The lowest BCUT2D eigenvalue weighted by molar-refractivity contribution is 0.308. The molecule has 0 aromatic carbocycles. The lowest BCUT2D eigenvalue weighted by Crippen LogP contribution is -2.04. The normalized spacial score (nSPS) is 10.5. The van der Waals surface area contributed by atoms with Crippen molar-refractivity contribution in [3.63, 3.8) is 0 Å². The fraction of sp³-hybridized carbons (Fsp3) is 0.333. The van der Waals surface area contributed by atoms with E-state index < -0.39 is 0 Å². The molecule has 17 heavy (non-hydrogen) atoms. The van der Waals surface area contributed by atoms with Crippen LogP contribution in [0.2, 0.25) is 0 Å². The summed E-state index contributed by atoms with van der Waals surface area (Å²) in [6, 6.07) is 5.96. The Morgan fingerprint density at radius 1 is 1.41 bits per heavy atom. The molecule has 2 rings (SSSR count). The van der Waals surface area contributed by atoms with E-state index in [4.69, 9.17) is 4.74 Å². The Bertz CT molecular complexity index is 473. The number of hydrogen-bond donors (Lipinski definition) is 0. The van der Waals surface area contributed by atoms with Gasteiger partial charge in [-0.3, -0.25) is 0 Å². The Labute approximate surface area is 113 Å². The van der Waals surface area contributed by atoms with Gasteiger partial charge in [0, 0.05) is 23.8 Å². The molecule has 0 unspecified atom stereocenters. The van der Waals surface area contributed by atoms with E-state index in [9.17, 15) is 0 Å². The maximum atomic E-state index is 5.63. The Hall–Kier alpha value is -0.940. The predicted molar refractivity (Wildman–Crippen MR) is 72.6 cm³/mol. The van der Waals surface area contributed by atoms with Gasteiger partial charge in [-0.25, -0.2) is 4.98 Å². The summed E-state index contributed by atoms with van der Waals surface area (Å²) in [5.74, 6) is 1.44. The van der Waals surface area contributed by atoms with Gasteiger partial charge in [0.1, 0.15) is 10.4 Å². The van der Waals surface area contributed by atoms with Crippen LogP contribution in [0, 0.1) is 0 Å². The van der Waals surface area contributed by atoms with Gasteiger partial charge >= 0.3 is 0 Å². The molecule has 90 valence electrons. The summed E-state index contributed by atoms with van der Waals surface area (Å²) < 4.78 is 6.40. The van der Waals surface area contributed by atoms with Crippen LogP contribution in [0.1, 0.15) is 17.6 Å². The number of aryl methyl sites for hydroxylation is 1. The molecule has 0 fully saturated rings. The van der Waals surface area contributed by atoms with E-state index in [1.54, 1.807) is 17.4 Å². The summed E-state index contributed by atoms with van der Waals surface area (Å²) in [5.41, 5.74) is 0. The molecule has 0 aliphatic carbocycles. The highest BCUT2D eigenvalue weighted by atomic mass is 79.9. The van der Waals surface area contributed by atoms with Gasteiger partial charge in [-0.15, -0.1) is 11.3 Å². The van der Waals surface area contributed by atoms with Gasteiger partial charge in [-0.1, -0.05) is 13.0 Å². The van der Waals surface area contributed by atoms with Crippen LogP contribution in [0.15, 0.2) is 28.2 Å². The van der Waals surface area contributed by atoms with Crippen LogP contribution in [0.4, 0.5) is 0 Å². The average Bonchev–Trinajstić information content (AvgIpc) is 2.81. The summed E-state index contributed by atoms with van der Waals surface area (Å²) in [5, 5.41) is 2.08. The lowest BCUT2D eigenvalue weighted by Gasteiger charge is -2.06. The van der Waals surface area contributed by atoms with Crippen molar-refractivity contribution in [3.8, 4) is 5.88 Å². The second kappa shape index (κ2) is 6.12. The van der Waals surface area contributed by atoms with Crippen LogP contribution >= 0.6 is 27.3 Å². The van der Waals surface area contributed by atoms with Crippen LogP contribution in [0.5, 0.6) is 5.88 Å². The third kappa shape index (κ3) is 3.78. The standard InChI is InChI=1S/C12H13BrN2OS/c1-2-11-14-10(13)8-12(15-11)16-6-5-9-4-3-7-17-9/h3-4,7-8H,2,5-6H2,1H3. The topological polar surface area (TPSA) is 35.0 Å². The molecule has 0 radical (unpaired) electrons. The molecule has 0 spiro atoms. The maximum Gasteiger partial charge on any atom is 0.217 e. The molecule has 2 heterocycles. The van der Waals surface area contributed by atoms with E-state index in [2.05, 4.69) is 43.4 Å². The van der Waals surface area contributed by atoms with Crippen molar-refractivity contribution in [2.45, 2.75) is 19.8 Å². The van der Waals surface area contributed by atoms with Gasteiger partial charge in [0.05, 0.1) is 6.61 Å². The van der Waals surface area contributed by atoms with Crippen molar-refractivity contribution in [2.75, 3.05) is 6.61 Å². The minimum Gasteiger partial charge on any atom is -0.477 e. The van der Waals surface area contributed by atoms with Gasteiger partial charge in [0.25, 0.3) is 0 Å². The van der Waals surface area contributed by atoms with Gasteiger partial charge in [-0.2, -0.15) is 4.98 Å².